The molecule has 5 rings (SSSR count). The Kier molecular flexibility index (Phi) is 6.48. The molecule has 0 spiro atoms. The summed E-state index contributed by atoms with van der Waals surface area (Å²) >= 11 is 0. The molecule has 0 saturated heterocycles. The van der Waals surface area contributed by atoms with Gasteiger partial charge in [-0.25, -0.2) is 4.98 Å². The number of aliphatic hydroxyl groups is 2. The largest absolute Gasteiger partial charge is 0.440 e. The number of oxazole rings is 1. The van der Waals surface area contributed by atoms with Gasteiger partial charge in [-0.3, -0.25) is 4.79 Å². The summed E-state index contributed by atoms with van der Waals surface area (Å²) in [5.41, 5.74) is -0.0951. The van der Waals surface area contributed by atoms with Crippen molar-refractivity contribution in [3.05, 3.63) is 96.4 Å². The van der Waals surface area contributed by atoms with E-state index in [0.29, 0.717) is 41.5 Å². The van der Waals surface area contributed by atoms with Crippen molar-refractivity contribution in [2.75, 3.05) is 0 Å². The van der Waals surface area contributed by atoms with Crippen molar-refractivity contribution in [2.24, 2.45) is 0 Å². The molecule has 184 valence electrons. The van der Waals surface area contributed by atoms with Crippen molar-refractivity contribution in [1.29, 1.82) is 0 Å². The summed E-state index contributed by atoms with van der Waals surface area (Å²) in [5.74, 6) is 0.859. The maximum Gasteiger partial charge on any atom is 0.308 e. The first-order chi connectivity index (χ1) is 17.4. The minimum absolute atomic E-state index is 0.0357. The third-order valence-electron chi connectivity index (χ3n) is 6.92. The second-order valence-electron chi connectivity index (χ2n) is 9.41. The summed E-state index contributed by atoms with van der Waals surface area (Å²) in [5, 5.41) is 23.9. The van der Waals surface area contributed by atoms with Gasteiger partial charge in [-0.1, -0.05) is 85.6 Å². The summed E-state index contributed by atoms with van der Waals surface area (Å²) in [4.78, 5) is 16.3. The smallest absolute Gasteiger partial charge is 0.308 e. The highest BCUT2D eigenvalue weighted by Crippen LogP contribution is 2.47. The van der Waals surface area contributed by atoms with Gasteiger partial charge >= 0.3 is 5.97 Å². The summed E-state index contributed by atoms with van der Waals surface area (Å²) in [6, 6.07) is 26.3. The predicted octanol–water partition coefficient (Wildman–Crippen LogP) is 5.67. The van der Waals surface area contributed by atoms with Crippen LogP contribution >= 0.6 is 0 Å². The maximum absolute atomic E-state index is 12.0. The van der Waals surface area contributed by atoms with Gasteiger partial charge in [0.1, 0.15) is 22.6 Å². The molecule has 0 amide bonds. The molecule has 1 heterocycles. The fraction of sp³-hybridized carbons (Fsp3) is 0.267. The van der Waals surface area contributed by atoms with Crippen LogP contribution in [-0.4, -0.2) is 26.8 Å². The van der Waals surface area contributed by atoms with Crippen LogP contribution in [-0.2, 0) is 16.8 Å². The average Bonchev–Trinajstić information content (AvgIpc) is 3.30. The lowest BCUT2D eigenvalue weighted by Crippen LogP contribution is -2.55. The van der Waals surface area contributed by atoms with Crippen molar-refractivity contribution in [1.82, 2.24) is 4.98 Å². The van der Waals surface area contributed by atoms with Crippen LogP contribution in [0.15, 0.2) is 89.3 Å². The van der Waals surface area contributed by atoms with Gasteiger partial charge in [-0.05, 0) is 30.5 Å². The van der Waals surface area contributed by atoms with Crippen molar-refractivity contribution in [2.45, 2.75) is 50.2 Å². The van der Waals surface area contributed by atoms with Crippen LogP contribution in [0, 0.1) is 0 Å². The average molecular weight is 484 g/mol. The molecule has 0 aliphatic heterocycles. The van der Waals surface area contributed by atoms with E-state index in [9.17, 15) is 15.0 Å². The summed E-state index contributed by atoms with van der Waals surface area (Å²) in [6.45, 7) is 1.33. The fourth-order valence-corrected chi connectivity index (χ4v) is 5.14. The first kappa shape index (κ1) is 24.0. The van der Waals surface area contributed by atoms with Gasteiger partial charge in [0.05, 0.1) is 6.42 Å². The monoisotopic (exact) mass is 483 g/mol. The highest BCUT2D eigenvalue weighted by atomic mass is 16.5. The second-order valence-corrected chi connectivity index (χ2v) is 9.41. The summed E-state index contributed by atoms with van der Waals surface area (Å²) < 4.78 is 11.5. The fourth-order valence-electron chi connectivity index (χ4n) is 5.14. The number of nitrogens with zero attached hydrogens (tertiary/aromatic N) is 1. The minimum atomic E-state index is -1.56. The van der Waals surface area contributed by atoms with Gasteiger partial charge in [0, 0.05) is 18.1 Å². The first-order valence-electron chi connectivity index (χ1n) is 12.2. The molecule has 6 heteroatoms. The van der Waals surface area contributed by atoms with E-state index in [0.717, 1.165) is 24.0 Å². The van der Waals surface area contributed by atoms with Crippen LogP contribution in [0.4, 0.5) is 0 Å². The quantitative estimate of drug-likeness (QED) is 0.271. The molecule has 4 aromatic rings. The van der Waals surface area contributed by atoms with Gasteiger partial charge in [0.25, 0.3) is 0 Å². The summed E-state index contributed by atoms with van der Waals surface area (Å²) in [7, 11) is 0. The Labute approximate surface area is 210 Å². The molecule has 0 bridgehead atoms. The third kappa shape index (κ3) is 4.57. The number of carbonyl (C=O) groups excluding carboxylic acids is 1. The lowest BCUT2D eigenvalue weighted by atomic mass is 9.66. The maximum atomic E-state index is 12.0. The molecule has 1 fully saturated rings. The second kappa shape index (κ2) is 9.72. The van der Waals surface area contributed by atoms with E-state index in [2.05, 4.69) is 0 Å². The number of hydrogen-bond acceptors (Lipinski definition) is 6. The molecule has 2 atom stereocenters. The number of aromatic nitrogens is 1. The lowest BCUT2D eigenvalue weighted by Gasteiger charge is -2.47. The predicted molar refractivity (Wildman–Crippen MR) is 136 cm³/mol. The number of rotatable bonds is 6. The van der Waals surface area contributed by atoms with Crippen LogP contribution in [0.25, 0.3) is 22.6 Å². The number of ether oxygens (including phenoxy) is 1. The van der Waals surface area contributed by atoms with E-state index in [1.807, 2.05) is 60.7 Å². The van der Waals surface area contributed by atoms with Crippen LogP contribution in [0.1, 0.15) is 44.1 Å². The Hall–Kier alpha value is -3.74. The molecule has 0 radical (unpaired) electrons. The third-order valence-corrected chi connectivity index (χ3v) is 6.92. The van der Waals surface area contributed by atoms with Crippen molar-refractivity contribution in [3.8, 4) is 28.3 Å². The van der Waals surface area contributed by atoms with Gasteiger partial charge in [-0.2, -0.15) is 0 Å². The van der Waals surface area contributed by atoms with Gasteiger partial charge in [-0.15, -0.1) is 0 Å². The van der Waals surface area contributed by atoms with E-state index in [1.165, 1.54) is 6.92 Å². The topological polar surface area (TPSA) is 92.8 Å². The van der Waals surface area contributed by atoms with Crippen LogP contribution in [0.2, 0.25) is 0 Å². The standard InChI is InChI=1S/C30H29NO5/c1-21(32)35-25-16-10-15-24(19-25)30(34)18-9-8-17-29(30,33)20-26-31-27(22-11-4-2-5-12-22)28(36-26)23-13-6-3-7-14-23/h2-7,10-16,19,33-34H,8-9,17-18,20H2,1H3. The Morgan fingerprint density at radius 3 is 2.28 bits per heavy atom. The zero-order valence-corrected chi connectivity index (χ0v) is 20.2. The number of esters is 1. The van der Waals surface area contributed by atoms with Crippen LogP contribution < -0.4 is 4.74 Å². The van der Waals surface area contributed by atoms with Crippen molar-refractivity contribution >= 4 is 5.97 Å². The van der Waals surface area contributed by atoms with Gasteiger partial charge in [0.2, 0.25) is 0 Å². The minimum Gasteiger partial charge on any atom is -0.440 e. The molecule has 1 aliphatic carbocycles. The normalized spacial score (nSPS) is 21.8. The SMILES string of the molecule is CC(=O)Oc1cccc(C2(O)CCCCC2(O)Cc2nc(-c3ccccc3)c(-c3ccccc3)o2)c1. The number of benzene rings is 3. The van der Waals surface area contributed by atoms with Gasteiger partial charge in [0.15, 0.2) is 11.7 Å². The highest BCUT2D eigenvalue weighted by Gasteiger charge is 2.53. The van der Waals surface area contributed by atoms with E-state index >= 15 is 0 Å². The van der Waals surface area contributed by atoms with Crippen molar-refractivity contribution < 1.29 is 24.2 Å². The van der Waals surface area contributed by atoms with E-state index in [1.54, 1.807) is 24.3 Å². The Balaban J connectivity index is 1.55. The van der Waals surface area contributed by atoms with E-state index in [4.69, 9.17) is 14.1 Å². The Morgan fingerprint density at radius 2 is 1.58 bits per heavy atom. The Morgan fingerprint density at radius 1 is 0.917 bits per heavy atom. The molecule has 2 unspecified atom stereocenters. The molecular formula is C30H29NO5. The molecule has 6 nitrogen and oxygen atoms in total. The zero-order chi connectivity index (χ0) is 25.2. The van der Waals surface area contributed by atoms with E-state index in [-0.39, 0.29) is 6.42 Å². The highest BCUT2D eigenvalue weighted by molar-refractivity contribution is 5.76. The van der Waals surface area contributed by atoms with Gasteiger partial charge < -0.3 is 19.4 Å². The van der Waals surface area contributed by atoms with Crippen LogP contribution in [0.3, 0.4) is 0 Å². The van der Waals surface area contributed by atoms with Crippen molar-refractivity contribution in [3.63, 3.8) is 0 Å². The number of carbonyl (C=O) groups is 1. The first-order valence-corrected chi connectivity index (χ1v) is 12.2. The molecule has 2 N–H and O–H groups in total. The van der Waals surface area contributed by atoms with E-state index < -0.39 is 17.2 Å². The molecular weight excluding hydrogens is 454 g/mol. The Bertz CT molecular complexity index is 1290. The lowest BCUT2D eigenvalue weighted by molar-refractivity contribution is -0.183. The molecule has 1 aromatic heterocycles. The number of hydrogen-bond donors (Lipinski definition) is 2. The molecule has 3 aromatic carbocycles. The molecule has 1 aliphatic rings. The zero-order valence-electron chi connectivity index (χ0n) is 20.2. The summed E-state index contributed by atoms with van der Waals surface area (Å²) in [6.07, 6.45) is 2.30. The van der Waals surface area contributed by atoms with Crippen LogP contribution in [0.5, 0.6) is 5.75 Å². The molecule has 36 heavy (non-hydrogen) atoms. The molecule has 1 saturated carbocycles.